The number of aryl methyl sites for hydroxylation is 1. The van der Waals surface area contributed by atoms with Gasteiger partial charge >= 0.3 is 0 Å². The van der Waals surface area contributed by atoms with Crippen molar-refractivity contribution in [3.63, 3.8) is 0 Å². The second-order valence-corrected chi connectivity index (χ2v) is 9.32. The number of methoxy groups -OCH3 is 2. The number of ether oxygens (including phenoxy) is 2. The molecule has 4 aromatic rings. The van der Waals surface area contributed by atoms with Crippen LogP contribution in [0.2, 0.25) is 0 Å². The van der Waals surface area contributed by atoms with E-state index >= 15 is 0 Å². The fourth-order valence-electron chi connectivity index (χ4n) is 4.81. The van der Waals surface area contributed by atoms with Gasteiger partial charge in [-0.05, 0) is 44.1 Å². The Hall–Kier alpha value is -4.16. The highest BCUT2D eigenvalue weighted by Gasteiger charge is 2.22. The first-order valence-corrected chi connectivity index (χ1v) is 12.4. The Labute approximate surface area is 216 Å². The molecule has 0 spiro atoms. The molecular weight excluding hydrogens is 466 g/mol. The van der Waals surface area contributed by atoms with Gasteiger partial charge in [0.15, 0.2) is 0 Å². The van der Waals surface area contributed by atoms with Crippen LogP contribution in [-0.2, 0) is 7.05 Å². The fourth-order valence-corrected chi connectivity index (χ4v) is 4.81. The molecule has 0 N–H and O–H groups in total. The minimum atomic E-state index is 0.145. The van der Waals surface area contributed by atoms with Crippen LogP contribution in [0, 0.1) is 17.2 Å². The maximum Gasteiger partial charge on any atom is 0.124 e. The second kappa shape index (κ2) is 10.8. The number of aromatic nitrogens is 4. The molecule has 0 radical (unpaired) electrons. The van der Waals surface area contributed by atoms with Gasteiger partial charge in [0.1, 0.15) is 11.5 Å². The lowest BCUT2D eigenvalue weighted by Crippen LogP contribution is -2.26. The average molecular weight is 498 g/mol. The summed E-state index contributed by atoms with van der Waals surface area (Å²) in [5, 5.41) is 13.5. The van der Waals surface area contributed by atoms with Gasteiger partial charge < -0.3 is 19.3 Å². The molecule has 0 saturated carbocycles. The monoisotopic (exact) mass is 497 g/mol. The summed E-state index contributed by atoms with van der Waals surface area (Å²) in [4.78, 5) is 14.2. The summed E-state index contributed by atoms with van der Waals surface area (Å²) in [5.74, 6) is 1.61. The largest absolute Gasteiger partial charge is 0.497 e. The number of rotatable bonds is 9. The van der Waals surface area contributed by atoms with Gasteiger partial charge in [-0.25, -0.2) is 4.98 Å². The summed E-state index contributed by atoms with van der Waals surface area (Å²) < 4.78 is 12.9. The van der Waals surface area contributed by atoms with Crippen molar-refractivity contribution in [1.29, 1.82) is 5.26 Å². The van der Waals surface area contributed by atoms with E-state index in [0.717, 1.165) is 84.2 Å². The maximum absolute atomic E-state index is 9.25. The topological polar surface area (TPSA) is 92.3 Å². The molecule has 9 heteroatoms. The molecule has 0 unspecified atom stereocenters. The van der Waals surface area contributed by atoms with Crippen LogP contribution >= 0.6 is 0 Å². The minimum absolute atomic E-state index is 0.145. The molecule has 9 nitrogen and oxygen atoms in total. The predicted molar refractivity (Wildman–Crippen MR) is 143 cm³/mol. The summed E-state index contributed by atoms with van der Waals surface area (Å²) in [6, 6.07) is 14.5. The van der Waals surface area contributed by atoms with E-state index in [0.29, 0.717) is 0 Å². The first-order valence-electron chi connectivity index (χ1n) is 12.4. The number of nitriles is 1. The zero-order valence-corrected chi connectivity index (χ0v) is 21.5. The number of likely N-dealkylation sites (tertiary alicyclic amines) is 1. The number of benzene rings is 2. The third-order valence-electron chi connectivity index (χ3n) is 6.80. The van der Waals surface area contributed by atoms with Gasteiger partial charge in [0, 0.05) is 61.5 Å². The Kier molecular flexibility index (Phi) is 7.19. The second-order valence-electron chi connectivity index (χ2n) is 9.32. The summed E-state index contributed by atoms with van der Waals surface area (Å²) in [7, 11) is 5.21. The van der Waals surface area contributed by atoms with Crippen LogP contribution in [0.15, 0.2) is 55.0 Å². The predicted octanol–water partition coefficient (Wildman–Crippen LogP) is 4.42. The standard InChI is InChI=1S/C28H31N7O2/c1-33-19-21(16-31-33)28-17-30-26-6-5-22(13-27(26)32-28)35(9-4-8-34-10-7-20(15-29)18-34)23-11-24(36-2)14-25(12-23)37-3/h5-6,11-14,16-17,19-20H,4,7-10,18H2,1-3H3/t20-/m1/s1. The molecule has 3 heterocycles. The quantitative estimate of drug-likeness (QED) is 0.336. The Balaban J connectivity index is 1.47. The van der Waals surface area contributed by atoms with E-state index in [-0.39, 0.29) is 5.92 Å². The van der Waals surface area contributed by atoms with E-state index in [1.54, 1.807) is 31.3 Å². The van der Waals surface area contributed by atoms with Gasteiger partial charge in [0.25, 0.3) is 0 Å². The Morgan fingerprint density at radius 3 is 2.54 bits per heavy atom. The number of anilines is 2. The molecule has 1 fully saturated rings. The van der Waals surface area contributed by atoms with E-state index in [9.17, 15) is 5.26 Å². The van der Waals surface area contributed by atoms with Crippen LogP contribution in [0.4, 0.5) is 11.4 Å². The molecule has 1 aliphatic heterocycles. The van der Waals surface area contributed by atoms with Crippen molar-refractivity contribution in [2.24, 2.45) is 13.0 Å². The van der Waals surface area contributed by atoms with E-state index in [4.69, 9.17) is 14.5 Å². The first-order chi connectivity index (χ1) is 18.1. The van der Waals surface area contributed by atoms with Gasteiger partial charge in [-0.15, -0.1) is 0 Å². The van der Waals surface area contributed by atoms with Crippen molar-refractivity contribution >= 4 is 22.4 Å². The first kappa shape index (κ1) is 24.5. The molecule has 2 aromatic heterocycles. The van der Waals surface area contributed by atoms with Crippen LogP contribution in [0.5, 0.6) is 11.5 Å². The maximum atomic E-state index is 9.25. The lowest BCUT2D eigenvalue weighted by molar-refractivity contribution is 0.329. The molecule has 37 heavy (non-hydrogen) atoms. The van der Waals surface area contributed by atoms with E-state index < -0.39 is 0 Å². The third kappa shape index (κ3) is 5.49. The zero-order valence-electron chi connectivity index (χ0n) is 21.5. The average Bonchev–Trinajstić information content (AvgIpc) is 3.59. The Morgan fingerprint density at radius 2 is 1.86 bits per heavy atom. The van der Waals surface area contributed by atoms with Crippen molar-refractivity contribution < 1.29 is 9.47 Å². The highest BCUT2D eigenvalue weighted by Crippen LogP contribution is 2.34. The molecule has 190 valence electrons. The van der Waals surface area contributed by atoms with Crippen molar-refractivity contribution in [2.45, 2.75) is 12.8 Å². The van der Waals surface area contributed by atoms with Gasteiger partial charge in [-0.1, -0.05) is 0 Å². The van der Waals surface area contributed by atoms with Crippen LogP contribution in [0.25, 0.3) is 22.3 Å². The summed E-state index contributed by atoms with van der Waals surface area (Å²) in [5.41, 5.74) is 5.35. The van der Waals surface area contributed by atoms with Crippen LogP contribution < -0.4 is 14.4 Å². The molecule has 2 aromatic carbocycles. The zero-order chi connectivity index (χ0) is 25.8. The van der Waals surface area contributed by atoms with E-state index in [2.05, 4.69) is 38.1 Å². The normalized spacial score (nSPS) is 15.6. The summed E-state index contributed by atoms with van der Waals surface area (Å²) in [6.45, 7) is 3.56. The number of fused-ring (bicyclic) bond motifs is 1. The van der Waals surface area contributed by atoms with E-state index in [1.807, 2.05) is 37.5 Å². The van der Waals surface area contributed by atoms with Crippen LogP contribution in [0.3, 0.4) is 0 Å². The Morgan fingerprint density at radius 1 is 1.05 bits per heavy atom. The smallest absolute Gasteiger partial charge is 0.124 e. The molecule has 0 aliphatic carbocycles. The Bertz CT molecular complexity index is 1410. The molecule has 5 rings (SSSR count). The summed E-state index contributed by atoms with van der Waals surface area (Å²) >= 11 is 0. The van der Waals surface area contributed by atoms with Crippen molar-refractivity contribution in [3.05, 3.63) is 55.0 Å². The van der Waals surface area contributed by atoms with Crippen molar-refractivity contribution in [1.82, 2.24) is 24.6 Å². The SMILES string of the molecule is COc1cc(OC)cc(N(CCCN2CC[C@H](C#N)C2)c2ccc3ncc(-c4cnn(C)c4)nc3c2)c1. The number of hydrogen-bond acceptors (Lipinski definition) is 8. The third-order valence-corrected chi connectivity index (χ3v) is 6.80. The van der Waals surface area contributed by atoms with Crippen molar-refractivity contribution in [3.8, 4) is 28.8 Å². The number of hydrogen-bond donors (Lipinski definition) is 0. The highest BCUT2D eigenvalue weighted by molar-refractivity contribution is 5.82. The fraction of sp³-hybridized carbons (Fsp3) is 0.357. The molecule has 0 bridgehead atoms. The van der Waals surface area contributed by atoms with E-state index in [1.165, 1.54) is 0 Å². The van der Waals surface area contributed by atoms with Gasteiger partial charge in [-0.3, -0.25) is 9.67 Å². The van der Waals surface area contributed by atoms with Crippen LogP contribution in [0.1, 0.15) is 12.8 Å². The lowest BCUT2D eigenvalue weighted by atomic mass is 10.1. The highest BCUT2D eigenvalue weighted by atomic mass is 16.5. The van der Waals surface area contributed by atoms with Crippen LogP contribution in [-0.4, -0.2) is 65.0 Å². The minimum Gasteiger partial charge on any atom is -0.497 e. The number of nitrogens with zero attached hydrogens (tertiary/aromatic N) is 7. The van der Waals surface area contributed by atoms with Gasteiger partial charge in [0.2, 0.25) is 0 Å². The molecule has 1 atom stereocenters. The molecule has 1 aliphatic rings. The van der Waals surface area contributed by atoms with Crippen molar-refractivity contribution in [2.75, 3.05) is 45.3 Å². The van der Waals surface area contributed by atoms with Gasteiger partial charge in [-0.2, -0.15) is 10.4 Å². The molecule has 1 saturated heterocycles. The molecule has 0 amide bonds. The van der Waals surface area contributed by atoms with Gasteiger partial charge in [0.05, 0.1) is 55.3 Å². The summed E-state index contributed by atoms with van der Waals surface area (Å²) in [6.07, 6.45) is 7.41. The molecular formula is C28H31N7O2. The lowest BCUT2D eigenvalue weighted by Gasteiger charge is -2.27.